The number of halogens is 2. The van der Waals surface area contributed by atoms with Gasteiger partial charge in [0.25, 0.3) is 5.91 Å². The number of piperidine rings is 1. The molecule has 0 aliphatic carbocycles. The topological polar surface area (TPSA) is 45.2 Å². The molecule has 4 nitrogen and oxygen atoms in total. The van der Waals surface area contributed by atoms with E-state index in [2.05, 4.69) is 9.69 Å². The van der Waals surface area contributed by atoms with Gasteiger partial charge in [-0.1, -0.05) is 6.07 Å². The van der Waals surface area contributed by atoms with E-state index < -0.39 is 11.6 Å². The van der Waals surface area contributed by atoms with Crippen molar-refractivity contribution in [1.29, 1.82) is 0 Å². The number of amides is 1. The summed E-state index contributed by atoms with van der Waals surface area (Å²) in [5.74, 6) is -0.818. The van der Waals surface area contributed by atoms with Crippen LogP contribution in [-0.4, -0.2) is 35.3 Å². The average Bonchev–Trinajstić information content (AvgIpc) is 2.99. The highest BCUT2D eigenvalue weighted by atomic mass is 32.1. The molecule has 0 saturated carbocycles. The third-order valence-electron chi connectivity index (χ3n) is 4.76. The van der Waals surface area contributed by atoms with Gasteiger partial charge < -0.3 is 10.2 Å². The van der Waals surface area contributed by atoms with Crippen LogP contribution in [0.1, 0.15) is 34.5 Å². The molecule has 0 unspecified atom stereocenters. The molecular weight excluding hydrogens is 344 g/mol. The molecule has 25 heavy (non-hydrogen) atoms. The van der Waals surface area contributed by atoms with E-state index in [4.69, 9.17) is 0 Å². The molecule has 1 fully saturated rings. The number of anilines is 1. The predicted octanol–water partition coefficient (Wildman–Crippen LogP) is 3.87. The number of likely N-dealkylation sites (tertiary alicyclic amines) is 1. The Bertz CT molecular complexity index is 749. The van der Waals surface area contributed by atoms with Gasteiger partial charge in [-0.2, -0.15) is 4.37 Å². The zero-order chi connectivity index (χ0) is 18.0. The van der Waals surface area contributed by atoms with E-state index in [0.29, 0.717) is 25.1 Å². The lowest BCUT2D eigenvalue weighted by atomic mass is 9.89. The van der Waals surface area contributed by atoms with Crippen molar-refractivity contribution in [2.24, 2.45) is 5.92 Å². The number of benzene rings is 1. The fraction of sp³-hybridized carbons (Fsp3) is 0.444. The molecule has 1 N–H and O–H groups in total. The highest BCUT2D eigenvalue weighted by Crippen LogP contribution is 2.29. The summed E-state index contributed by atoms with van der Waals surface area (Å²) in [4.78, 5) is 14.6. The number of hydrogen-bond donors (Lipinski definition) is 1. The number of rotatable bonds is 4. The van der Waals surface area contributed by atoms with Crippen LogP contribution in [-0.2, 0) is 6.42 Å². The number of hydrogen-bond acceptors (Lipinski definition) is 4. The third-order valence-corrected chi connectivity index (χ3v) is 5.72. The number of aryl methyl sites for hydroxylation is 1. The highest BCUT2D eigenvalue weighted by Gasteiger charge is 2.28. The molecule has 2 heterocycles. The second kappa shape index (κ2) is 7.47. The highest BCUT2D eigenvalue weighted by molar-refractivity contribution is 7.10. The smallest absolute Gasteiger partial charge is 0.258 e. The van der Waals surface area contributed by atoms with Gasteiger partial charge in [-0.25, -0.2) is 8.78 Å². The number of carbonyl (C=O) groups is 1. The molecule has 1 saturated heterocycles. The number of aromatic nitrogens is 1. The summed E-state index contributed by atoms with van der Waals surface area (Å²) < 4.78 is 31.9. The van der Waals surface area contributed by atoms with Crippen molar-refractivity contribution in [2.45, 2.75) is 26.2 Å². The first kappa shape index (κ1) is 17.8. The maximum Gasteiger partial charge on any atom is 0.258 e. The minimum absolute atomic E-state index is 0.0221. The molecule has 0 atom stereocenters. The largest absolute Gasteiger partial charge is 0.378 e. The number of nitrogens with one attached hydrogen (secondary N) is 1. The molecular formula is C18H21F2N3OS. The molecule has 3 rings (SSSR count). The normalized spacial score (nSPS) is 15.4. The molecule has 134 valence electrons. The lowest BCUT2D eigenvalue weighted by molar-refractivity contribution is 0.0690. The lowest BCUT2D eigenvalue weighted by Crippen LogP contribution is -2.39. The van der Waals surface area contributed by atoms with Crippen LogP contribution in [0.4, 0.5) is 13.8 Å². The summed E-state index contributed by atoms with van der Waals surface area (Å²) in [6.45, 7) is 3.02. The van der Waals surface area contributed by atoms with Crippen molar-refractivity contribution in [3.63, 3.8) is 0 Å². The molecule has 1 aromatic carbocycles. The molecule has 1 aromatic heterocycles. The van der Waals surface area contributed by atoms with Crippen LogP contribution in [0.25, 0.3) is 0 Å². The van der Waals surface area contributed by atoms with Crippen LogP contribution in [0.3, 0.4) is 0 Å². The molecule has 0 spiro atoms. The van der Waals surface area contributed by atoms with Crippen LogP contribution in [0.15, 0.2) is 18.2 Å². The standard InChI is InChI=1S/C18H21F2N3OS/c1-11-16(17(21-2)25-22-11)18(24)23-8-6-12(7-9-23)10-13-14(19)4-3-5-15(13)20/h3-5,12,21H,6-10H2,1-2H3. The summed E-state index contributed by atoms with van der Waals surface area (Å²) in [7, 11) is 1.78. The lowest BCUT2D eigenvalue weighted by Gasteiger charge is -2.32. The zero-order valence-corrected chi connectivity index (χ0v) is 15.1. The molecule has 2 aromatic rings. The Hall–Kier alpha value is -2.02. The van der Waals surface area contributed by atoms with Gasteiger partial charge >= 0.3 is 0 Å². The van der Waals surface area contributed by atoms with Gasteiger partial charge in [0.05, 0.1) is 11.3 Å². The quantitative estimate of drug-likeness (QED) is 0.895. The first-order chi connectivity index (χ1) is 12.0. The second-order valence-electron chi connectivity index (χ2n) is 6.36. The SMILES string of the molecule is CNc1snc(C)c1C(=O)N1CCC(Cc2c(F)cccc2F)CC1. The van der Waals surface area contributed by atoms with Gasteiger partial charge in [0.2, 0.25) is 0 Å². The molecule has 1 amide bonds. The fourth-order valence-corrected chi connectivity index (χ4v) is 4.04. The van der Waals surface area contributed by atoms with Gasteiger partial charge in [-0.15, -0.1) is 0 Å². The van der Waals surface area contributed by atoms with E-state index in [1.54, 1.807) is 7.05 Å². The van der Waals surface area contributed by atoms with E-state index >= 15 is 0 Å². The van der Waals surface area contributed by atoms with Crippen molar-refractivity contribution in [3.05, 3.63) is 46.7 Å². The minimum atomic E-state index is -0.489. The molecule has 1 aliphatic heterocycles. The number of carbonyl (C=O) groups excluding carboxylic acids is 1. The van der Waals surface area contributed by atoms with Crippen LogP contribution in [0.5, 0.6) is 0 Å². The Kier molecular flexibility index (Phi) is 5.32. The zero-order valence-electron chi connectivity index (χ0n) is 14.3. The Morgan fingerprint density at radius 2 is 1.96 bits per heavy atom. The van der Waals surface area contributed by atoms with Crippen molar-refractivity contribution >= 4 is 22.4 Å². The van der Waals surface area contributed by atoms with E-state index in [-0.39, 0.29) is 17.4 Å². The van der Waals surface area contributed by atoms with E-state index in [1.165, 1.54) is 29.7 Å². The summed E-state index contributed by atoms with van der Waals surface area (Å²) in [5.41, 5.74) is 1.52. The van der Waals surface area contributed by atoms with E-state index in [9.17, 15) is 13.6 Å². The van der Waals surface area contributed by atoms with E-state index in [1.807, 2.05) is 11.8 Å². The summed E-state index contributed by atoms with van der Waals surface area (Å²) >= 11 is 1.28. The van der Waals surface area contributed by atoms with Gasteiger partial charge in [-0.05, 0) is 55.8 Å². The molecule has 1 aliphatic rings. The Morgan fingerprint density at radius 3 is 2.56 bits per heavy atom. The summed E-state index contributed by atoms with van der Waals surface area (Å²) in [5, 5.41) is 3.79. The van der Waals surface area contributed by atoms with Crippen LogP contribution in [0, 0.1) is 24.5 Å². The Morgan fingerprint density at radius 1 is 1.32 bits per heavy atom. The summed E-state index contributed by atoms with van der Waals surface area (Å²) in [6, 6.07) is 3.97. The van der Waals surface area contributed by atoms with Gasteiger partial charge in [-0.3, -0.25) is 4.79 Å². The molecule has 0 bridgehead atoms. The minimum Gasteiger partial charge on any atom is -0.378 e. The first-order valence-electron chi connectivity index (χ1n) is 8.37. The Balaban J connectivity index is 1.64. The fourth-order valence-electron chi connectivity index (χ4n) is 3.31. The van der Waals surface area contributed by atoms with E-state index in [0.717, 1.165) is 23.5 Å². The van der Waals surface area contributed by atoms with Crippen LogP contribution >= 0.6 is 11.5 Å². The van der Waals surface area contributed by atoms with Crippen LogP contribution in [0.2, 0.25) is 0 Å². The monoisotopic (exact) mass is 365 g/mol. The van der Waals surface area contributed by atoms with Crippen molar-refractivity contribution in [1.82, 2.24) is 9.27 Å². The van der Waals surface area contributed by atoms with Crippen molar-refractivity contribution in [2.75, 3.05) is 25.5 Å². The predicted molar refractivity (Wildman–Crippen MR) is 95.1 cm³/mol. The van der Waals surface area contributed by atoms with Gasteiger partial charge in [0.15, 0.2) is 0 Å². The maximum absolute atomic E-state index is 13.8. The average molecular weight is 365 g/mol. The first-order valence-corrected chi connectivity index (χ1v) is 9.14. The maximum atomic E-state index is 13.8. The molecule has 7 heteroatoms. The number of nitrogens with zero attached hydrogens (tertiary/aromatic N) is 2. The second-order valence-corrected chi connectivity index (χ2v) is 7.14. The third kappa shape index (κ3) is 3.66. The summed E-state index contributed by atoms with van der Waals surface area (Å²) in [6.07, 6.45) is 1.86. The van der Waals surface area contributed by atoms with Crippen molar-refractivity contribution < 1.29 is 13.6 Å². The van der Waals surface area contributed by atoms with Crippen molar-refractivity contribution in [3.8, 4) is 0 Å². The van der Waals surface area contributed by atoms with Crippen LogP contribution < -0.4 is 5.32 Å². The van der Waals surface area contributed by atoms with Gasteiger partial charge in [0, 0.05) is 25.7 Å². The Labute approximate surface area is 150 Å². The van der Waals surface area contributed by atoms with Gasteiger partial charge in [0.1, 0.15) is 16.6 Å². The molecule has 0 radical (unpaired) electrons.